The van der Waals surface area contributed by atoms with Crippen molar-refractivity contribution in [1.29, 1.82) is 0 Å². The van der Waals surface area contributed by atoms with Crippen molar-refractivity contribution in [1.82, 2.24) is 9.97 Å². The highest BCUT2D eigenvalue weighted by atomic mass is 16.3. The van der Waals surface area contributed by atoms with Crippen LogP contribution in [0, 0.1) is 6.92 Å². The van der Waals surface area contributed by atoms with Gasteiger partial charge in [0.15, 0.2) is 11.5 Å². The lowest BCUT2D eigenvalue weighted by atomic mass is 10.2. The standard InChI is InChI=1S/C16H17N3O2/c1-3-16-19-12-8-11(5-7-15(12)21-16)17-9-13-14(20)6-4-10(2)18-13/h4-8,17,20H,3,9H2,1-2H3. The molecule has 3 rings (SSSR count). The van der Waals surface area contributed by atoms with E-state index in [1.54, 1.807) is 12.1 Å². The second-order valence-corrected chi connectivity index (χ2v) is 4.92. The van der Waals surface area contributed by atoms with Crippen molar-refractivity contribution in [2.75, 3.05) is 5.32 Å². The number of rotatable bonds is 4. The van der Waals surface area contributed by atoms with Crippen molar-refractivity contribution in [3.8, 4) is 5.75 Å². The molecule has 0 bridgehead atoms. The van der Waals surface area contributed by atoms with E-state index in [0.29, 0.717) is 12.2 Å². The average Bonchev–Trinajstić information content (AvgIpc) is 2.90. The molecule has 108 valence electrons. The molecule has 0 saturated heterocycles. The first-order valence-corrected chi connectivity index (χ1v) is 6.94. The molecule has 2 heterocycles. The first kappa shape index (κ1) is 13.4. The molecule has 0 aliphatic rings. The quantitative estimate of drug-likeness (QED) is 0.767. The monoisotopic (exact) mass is 283 g/mol. The Morgan fingerprint density at radius 3 is 2.86 bits per heavy atom. The summed E-state index contributed by atoms with van der Waals surface area (Å²) < 4.78 is 5.58. The van der Waals surface area contributed by atoms with Crippen molar-refractivity contribution in [2.24, 2.45) is 0 Å². The minimum atomic E-state index is 0.198. The van der Waals surface area contributed by atoms with Crippen molar-refractivity contribution in [2.45, 2.75) is 26.8 Å². The molecule has 5 heteroatoms. The third kappa shape index (κ3) is 2.81. The summed E-state index contributed by atoms with van der Waals surface area (Å²) >= 11 is 0. The molecule has 0 aliphatic carbocycles. The number of nitrogens with zero attached hydrogens (tertiary/aromatic N) is 2. The van der Waals surface area contributed by atoms with E-state index in [4.69, 9.17) is 4.42 Å². The van der Waals surface area contributed by atoms with Gasteiger partial charge in [0, 0.05) is 17.8 Å². The number of hydrogen-bond donors (Lipinski definition) is 2. The fraction of sp³-hybridized carbons (Fsp3) is 0.250. The number of fused-ring (bicyclic) bond motifs is 1. The molecular weight excluding hydrogens is 266 g/mol. The van der Waals surface area contributed by atoms with E-state index < -0.39 is 0 Å². The van der Waals surface area contributed by atoms with E-state index in [-0.39, 0.29) is 5.75 Å². The van der Waals surface area contributed by atoms with Gasteiger partial charge in [-0.3, -0.25) is 4.98 Å². The number of anilines is 1. The van der Waals surface area contributed by atoms with Gasteiger partial charge < -0.3 is 14.8 Å². The number of hydrogen-bond acceptors (Lipinski definition) is 5. The normalized spacial score (nSPS) is 11.0. The van der Waals surface area contributed by atoms with Crippen LogP contribution in [-0.4, -0.2) is 15.1 Å². The lowest BCUT2D eigenvalue weighted by Gasteiger charge is -2.08. The van der Waals surface area contributed by atoms with Gasteiger partial charge in [0.1, 0.15) is 17.0 Å². The van der Waals surface area contributed by atoms with E-state index in [1.807, 2.05) is 32.0 Å². The topological polar surface area (TPSA) is 71.2 Å². The van der Waals surface area contributed by atoms with Crippen LogP contribution in [0.5, 0.6) is 5.75 Å². The summed E-state index contributed by atoms with van der Waals surface area (Å²) in [5, 5.41) is 13.0. The van der Waals surface area contributed by atoms with Crippen LogP contribution in [0.4, 0.5) is 5.69 Å². The molecule has 2 aromatic heterocycles. The summed E-state index contributed by atoms with van der Waals surface area (Å²) in [4.78, 5) is 8.73. The van der Waals surface area contributed by atoms with E-state index in [2.05, 4.69) is 15.3 Å². The van der Waals surface area contributed by atoms with E-state index >= 15 is 0 Å². The third-order valence-electron chi connectivity index (χ3n) is 3.28. The summed E-state index contributed by atoms with van der Waals surface area (Å²) in [7, 11) is 0. The number of aromatic hydroxyl groups is 1. The highest BCUT2D eigenvalue weighted by Gasteiger charge is 2.06. The number of benzene rings is 1. The van der Waals surface area contributed by atoms with Crippen LogP contribution < -0.4 is 5.32 Å². The molecule has 21 heavy (non-hydrogen) atoms. The van der Waals surface area contributed by atoms with Crippen molar-refractivity contribution in [3.05, 3.63) is 47.6 Å². The first-order valence-electron chi connectivity index (χ1n) is 6.94. The Bertz CT molecular complexity index is 780. The van der Waals surface area contributed by atoms with Crippen LogP contribution in [0.15, 0.2) is 34.7 Å². The fourth-order valence-corrected chi connectivity index (χ4v) is 2.16. The van der Waals surface area contributed by atoms with Gasteiger partial charge in [0.05, 0.1) is 6.54 Å². The maximum atomic E-state index is 9.79. The van der Waals surface area contributed by atoms with Gasteiger partial charge in [-0.05, 0) is 37.3 Å². The Morgan fingerprint density at radius 1 is 1.19 bits per heavy atom. The second-order valence-electron chi connectivity index (χ2n) is 4.92. The molecule has 3 aromatic rings. The van der Waals surface area contributed by atoms with Crippen LogP contribution >= 0.6 is 0 Å². The Kier molecular flexibility index (Phi) is 3.48. The molecule has 0 amide bonds. The van der Waals surface area contributed by atoms with E-state index in [1.165, 1.54) is 0 Å². The largest absolute Gasteiger partial charge is 0.506 e. The van der Waals surface area contributed by atoms with Gasteiger partial charge >= 0.3 is 0 Å². The molecule has 0 aliphatic heterocycles. The summed E-state index contributed by atoms with van der Waals surface area (Å²) in [5.41, 5.74) is 4.04. The van der Waals surface area contributed by atoms with E-state index in [0.717, 1.165) is 34.8 Å². The molecule has 0 atom stereocenters. The number of pyridine rings is 1. The molecule has 0 unspecified atom stereocenters. The molecule has 2 N–H and O–H groups in total. The SMILES string of the molecule is CCc1nc2cc(NCc3nc(C)ccc3O)ccc2o1. The zero-order valence-electron chi connectivity index (χ0n) is 12.1. The van der Waals surface area contributed by atoms with Gasteiger partial charge in [0.2, 0.25) is 0 Å². The van der Waals surface area contributed by atoms with Crippen molar-refractivity contribution >= 4 is 16.8 Å². The molecule has 0 spiro atoms. The van der Waals surface area contributed by atoms with Gasteiger partial charge in [-0.25, -0.2) is 4.98 Å². The molecular formula is C16H17N3O2. The van der Waals surface area contributed by atoms with Gasteiger partial charge in [-0.1, -0.05) is 6.92 Å². The number of aromatic nitrogens is 2. The average molecular weight is 283 g/mol. The zero-order valence-corrected chi connectivity index (χ0v) is 12.1. The number of aryl methyl sites for hydroxylation is 2. The Balaban J connectivity index is 1.80. The van der Waals surface area contributed by atoms with Gasteiger partial charge in [-0.2, -0.15) is 0 Å². The van der Waals surface area contributed by atoms with Crippen molar-refractivity contribution in [3.63, 3.8) is 0 Å². The number of nitrogens with one attached hydrogen (secondary N) is 1. The summed E-state index contributed by atoms with van der Waals surface area (Å²) in [5.74, 6) is 0.934. The Labute approximate surface area is 122 Å². The Morgan fingerprint density at radius 2 is 2.05 bits per heavy atom. The van der Waals surface area contributed by atoms with Crippen LogP contribution in [0.2, 0.25) is 0 Å². The molecule has 5 nitrogen and oxygen atoms in total. The number of oxazole rings is 1. The molecule has 0 fully saturated rings. The predicted octanol–water partition coefficient (Wildman–Crippen LogP) is 3.41. The highest BCUT2D eigenvalue weighted by molar-refractivity contribution is 5.77. The van der Waals surface area contributed by atoms with Crippen LogP contribution in [0.25, 0.3) is 11.1 Å². The molecule has 0 radical (unpaired) electrons. The Hall–Kier alpha value is -2.56. The zero-order chi connectivity index (χ0) is 14.8. The summed E-state index contributed by atoms with van der Waals surface area (Å²) in [6.45, 7) is 4.37. The third-order valence-corrected chi connectivity index (χ3v) is 3.28. The predicted molar refractivity (Wildman–Crippen MR) is 81.4 cm³/mol. The maximum Gasteiger partial charge on any atom is 0.195 e. The fourth-order valence-electron chi connectivity index (χ4n) is 2.16. The lowest BCUT2D eigenvalue weighted by Crippen LogP contribution is -2.02. The van der Waals surface area contributed by atoms with Crippen LogP contribution in [0.3, 0.4) is 0 Å². The van der Waals surface area contributed by atoms with Crippen LogP contribution in [-0.2, 0) is 13.0 Å². The first-order chi connectivity index (χ1) is 10.2. The van der Waals surface area contributed by atoms with Crippen LogP contribution in [0.1, 0.15) is 24.2 Å². The maximum absolute atomic E-state index is 9.79. The molecule has 0 saturated carbocycles. The second kappa shape index (κ2) is 5.44. The van der Waals surface area contributed by atoms with E-state index in [9.17, 15) is 5.11 Å². The summed E-state index contributed by atoms with van der Waals surface area (Å²) in [6.07, 6.45) is 0.776. The highest BCUT2D eigenvalue weighted by Crippen LogP contribution is 2.22. The van der Waals surface area contributed by atoms with Gasteiger partial charge in [-0.15, -0.1) is 0 Å². The minimum Gasteiger partial charge on any atom is -0.506 e. The smallest absolute Gasteiger partial charge is 0.195 e. The minimum absolute atomic E-state index is 0.198. The summed E-state index contributed by atoms with van der Waals surface area (Å²) in [6, 6.07) is 9.21. The lowest BCUT2D eigenvalue weighted by molar-refractivity contribution is 0.464. The van der Waals surface area contributed by atoms with Gasteiger partial charge in [0.25, 0.3) is 0 Å². The molecule has 1 aromatic carbocycles. The van der Waals surface area contributed by atoms with Crippen molar-refractivity contribution < 1.29 is 9.52 Å².